The molecule has 0 saturated heterocycles. The average Bonchev–Trinajstić information content (AvgIpc) is 3.00. The third-order valence-corrected chi connectivity index (χ3v) is 10.3. The fraction of sp³-hybridized carbons (Fsp3) is 0.889. The van der Waals surface area contributed by atoms with E-state index in [2.05, 4.69) is 52.9 Å². The van der Waals surface area contributed by atoms with Crippen LogP contribution in [-0.4, -0.2) is 11.9 Å². The molecule has 164 valence electrons. The molecule has 2 nitrogen and oxygen atoms in total. The highest BCUT2D eigenvalue weighted by Crippen LogP contribution is 2.67. The summed E-state index contributed by atoms with van der Waals surface area (Å²) in [7, 11) is 0. The van der Waals surface area contributed by atoms with E-state index in [-0.39, 0.29) is 11.3 Å². The third kappa shape index (κ3) is 3.51. The van der Waals surface area contributed by atoms with E-state index in [9.17, 15) is 4.79 Å². The van der Waals surface area contributed by atoms with E-state index >= 15 is 0 Å². The number of amides is 1. The second-order valence-electron chi connectivity index (χ2n) is 12.3. The van der Waals surface area contributed by atoms with E-state index in [4.69, 9.17) is 0 Å². The van der Waals surface area contributed by atoms with Crippen molar-refractivity contribution in [2.24, 2.45) is 52.3 Å². The van der Waals surface area contributed by atoms with Crippen LogP contribution in [0.25, 0.3) is 0 Å². The summed E-state index contributed by atoms with van der Waals surface area (Å²) in [6.45, 7) is 14.9. The van der Waals surface area contributed by atoms with Crippen LogP contribution in [0.15, 0.2) is 12.2 Å². The zero-order chi connectivity index (χ0) is 21.0. The number of carbonyl (C=O) groups excluding carboxylic acids is 1. The van der Waals surface area contributed by atoms with Crippen LogP contribution in [-0.2, 0) is 4.79 Å². The molecule has 0 spiro atoms. The van der Waals surface area contributed by atoms with Crippen LogP contribution < -0.4 is 5.32 Å². The molecule has 1 amide bonds. The number of hydrogen-bond donors (Lipinski definition) is 1. The molecule has 1 aliphatic heterocycles. The van der Waals surface area contributed by atoms with Gasteiger partial charge in [0, 0.05) is 11.5 Å². The lowest BCUT2D eigenvalue weighted by Gasteiger charge is -2.61. The third-order valence-electron chi connectivity index (χ3n) is 10.3. The van der Waals surface area contributed by atoms with Crippen molar-refractivity contribution < 1.29 is 4.79 Å². The lowest BCUT2D eigenvalue weighted by molar-refractivity contribution is -0.126. The lowest BCUT2D eigenvalue weighted by Crippen LogP contribution is -2.61. The summed E-state index contributed by atoms with van der Waals surface area (Å²) in [5.74, 6) is 5.93. The predicted octanol–water partition coefficient (Wildman–Crippen LogP) is 6.61. The van der Waals surface area contributed by atoms with Crippen molar-refractivity contribution in [3.63, 3.8) is 0 Å². The zero-order valence-electron chi connectivity index (χ0n) is 19.8. The number of rotatable bonds is 5. The minimum Gasteiger partial charge on any atom is -0.349 e. The van der Waals surface area contributed by atoms with Crippen LogP contribution in [0.3, 0.4) is 0 Å². The molecule has 1 N–H and O–H groups in total. The fourth-order valence-electron chi connectivity index (χ4n) is 8.71. The van der Waals surface area contributed by atoms with Gasteiger partial charge in [0.1, 0.15) is 0 Å². The van der Waals surface area contributed by atoms with Crippen molar-refractivity contribution in [2.45, 2.75) is 99.0 Å². The summed E-state index contributed by atoms with van der Waals surface area (Å²) in [6, 6.07) is 0.341. The Balaban J connectivity index is 1.53. The summed E-state index contributed by atoms with van der Waals surface area (Å²) >= 11 is 0. The van der Waals surface area contributed by atoms with Gasteiger partial charge in [-0.1, -0.05) is 66.9 Å². The second kappa shape index (κ2) is 7.72. The molecule has 0 aromatic heterocycles. The Morgan fingerprint density at radius 2 is 1.86 bits per heavy atom. The molecule has 0 aromatic rings. The van der Waals surface area contributed by atoms with E-state index in [0.29, 0.717) is 11.5 Å². The SMILES string of the molecule is CC(C)CCCC(C)C1CCC2C3C(C)CC4NC(=O)C=C[C@]4(C)C3CC[C@]12C. The molecule has 3 fully saturated rings. The standard InChI is InChI=1S/C27H45NO/c1-17(2)8-7-9-18(3)20-10-11-21-25-19(4)16-23-27(6,15-13-24(29)28-23)22(25)12-14-26(20,21)5/h13,15,17-23,25H,7-12,14,16H2,1-6H3,(H,28,29)/t18?,19?,20?,21?,22?,23?,25?,26-,27-/m1/s1. The summed E-state index contributed by atoms with van der Waals surface area (Å²) in [5, 5.41) is 3.32. The first kappa shape index (κ1) is 21.4. The monoisotopic (exact) mass is 399 g/mol. The maximum Gasteiger partial charge on any atom is 0.243 e. The number of fused-ring (bicyclic) bond motifs is 5. The molecule has 3 aliphatic carbocycles. The first-order chi connectivity index (χ1) is 13.7. The quantitative estimate of drug-likeness (QED) is 0.554. The highest BCUT2D eigenvalue weighted by molar-refractivity contribution is 5.89. The Hall–Kier alpha value is -0.790. The molecule has 4 aliphatic rings. The van der Waals surface area contributed by atoms with Crippen LogP contribution in [0.4, 0.5) is 0 Å². The van der Waals surface area contributed by atoms with Gasteiger partial charge >= 0.3 is 0 Å². The smallest absolute Gasteiger partial charge is 0.243 e. The molecule has 2 heteroatoms. The topological polar surface area (TPSA) is 29.1 Å². The first-order valence-electron chi connectivity index (χ1n) is 12.7. The predicted molar refractivity (Wildman–Crippen MR) is 121 cm³/mol. The van der Waals surface area contributed by atoms with E-state index in [1.54, 1.807) is 0 Å². The molecule has 3 saturated carbocycles. The van der Waals surface area contributed by atoms with Crippen molar-refractivity contribution in [3.05, 3.63) is 12.2 Å². The molecule has 7 unspecified atom stereocenters. The molecular formula is C27H45NO. The highest BCUT2D eigenvalue weighted by Gasteiger charge is 2.61. The molecule has 0 bridgehead atoms. The Bertz CT molecular complexity index is 653. The average molecular weight is 400 g/mol. The first-order valence-corrected chi connectivity index (χ1v) is 12.7. The number of carbonyl (C=O) groups is 1. The van der Waals surface area contributed by atoms with E-state index in [1.807, 2.05) is 6.08 Å². The maximum atomic E-state index is 12.0. The fourth-order valence-corrected chi connectivity index (χ4v) is 8.71. The van der Waals surface area contributed by atoms with Crippen molar-refractivity contribution >= 4 is 5.91 Å². The molecular weight excluding hydrogens is 354 g/mol. The molecule has 1 heterocycles. The molecule has 4 rings (SSSR count). The van der Waals surface area contributed by atoms with Gasteiger partial charge in [0.25, 0.3) is 0 Å². The highest BCUT2D eigenvalue weighted by atomic mass is 16.1. The van der Waals surface area contributed by atoms with Crippen LogP contribution in [0.1, 0.15) is 92.9 Å². The van der Waals surface area contributed by atoms with Gasteiger partial charge in [0.15, 0.2) is 0 Å². The van der Waals surface area contributed by atoms with Gasteiger partial charge in [-0.25, -0.2) is 0 Å². The van der Waals surface area contributed by atoms with E-state index in [1.165, 1.54) is 44.9 Å². The number of hydrogen-bond acceptors (Lipinski definition) is 1. The van der Waals surface area contributed by atoms with Crippen molar-refractivity contribution in [1.82, 2.24) is 5.32 Å². The molecule has 29 heavy (non-hydrogen) atoms. The van der Waals surface area contributed by atoms with Gasteiger partial charge in [0.05, 0.1) is 0 Å². The minimum atomic E-state index is 0.120. The van der Waals surface area contributed by atoms with Crippen LogP contribution in [0.2, 0.25) is 0 Å². The zero-order valence-corrected chi connectivity index (χ0v) is 19.8. The molecule has 9 atom stereocenters. The van der Waals surface area contributed by atoms with E-state index < -0.39 is 0 Å². The van der Waals surface area contributed by atoms with Crippen molar-refractivity contribution in [1.29, 1.82) is 0 Å². The lowest BCUT2D eigenvalue weighted by atomic mass is 9.45. The van der Waals surface area contributed by atoms with Gasteiger partial charge in [-0.05, 0) is 85.0 Å². The molecule has 0 radical (unpaired) electrons. The van der Waals surface area contributed by atoms with Crippen LogP contribution in [0.5, 0.6) is 0 Å². The summed E-state index contributed by atoms with van der Waals surface area (Å²) < 4.78 is 0. The Labute approximate surface area is 179 Å². The van der Waals surface area contributed by atoms with Crippen molar-refractivity contribution in [3.8, 4) is 0 Å². The van der Waals surface area contributed by atoms with Crippen molar-refractivity contribution in [2.75, 3.05) is 0 Å². The minimum absolute atomic E-state index is 0.120. The summed E-state index contributed by atoms with van der Waals surface area (Å²) in [5.41, 5.74) is 0.699. The summed E-state index contributed by atoms with van der Waals surface area (Å²) in [6.07, 6.45) is 15.1. The van der Waals surface area contributed by atoms with Gasteiger partial charge in [-0.15, -0.1) is 0 Å². The van der Waals surface area contributed by atoms with Crippen LogP contribution in [0, 0.1) is 52.3 Å². The largest absolute Gasteiger partial charge is 0.349 e. The van der Waals surface area contributed by atoms with Gasteiger partial charge < -0.3 is 5.32 Å². The number of nitrogens with one attached hydrogen (secondary N) is 1. The van der Waals surface area contributed by atoms with Gasteiger partial charge in [-0.2, -0.15) is 0 Å². The van der Waals surface area contributed by atoms with Crippen LogP contribution >= 0.6 is 0 Å². The Morgan fingerprint density at radius 1 is 1.10 bits per heavy atom. The molecule has 0 aromatic carbocycles. The van der Waals surface area contributed by atoms with Gasteiger partial charge in [-0.3, -0.25) is 4.79 Å². The maximum absolute atomic E-state index is 12.0. The van der Waals surface area contributed by atoms with Gasteiger partial charge in [0.2, 0.25) is 5.91 Å². The summed E-state index contributed by atoms with van der Waals surface area (Å²) in [4.78, 5) is 12.0. The Kier molecular flexibility index (Phi) is 5.71. The van der Waals surface area contributed by atoms with E-state index in [0.717, 1.165) is 47.8 Å². The second-order valence-corrected chi connectivity index (χ2v) is 12.3. The Morgan fingerprint density at radius 3 is 2.59 bits per heavy atom. The normalized spacial score (nSPS) is 47.3.